The van der Waals surface area contributed by atoms with Crippen molar-refractivity contribution in [3.63, 3.8) is 0 Å². The molecule has 0 bridgehead atoms. The van der Waals surface area contributed by atoms with E-state index in [0.717, 1.165) is 25.1 Å². The highest BCUT2D eigenvalue weighted by atomic mass is 79.9. The van der Waals surface area contributed by atoms with Gasteiger partial charge in [-0.3, -0.25) is 4.79 Å². The standard InChI is InChI=1S/C23H29BrF3N3O4/c1-29(2)10-7-11-30(3)18-9-8-14(23(25,26)27)12-17(18)28-22(31)15-13-16(24)20(33-5)21(34-6)19(15)32-4/h8-9,12-13H,7,10-11H2,1-6H3,(H,28,31). The number of nitrogens with zero attached hydrogens (tertiary/aromatic N) is 2. The molecule has 0 aliphatic heterocycles. The maximum atomic E-state index is 13.4. The fourth-order valence-corrected chi connectivity index (χ4v) is 3.99. The number of nitrogens with one attached hydrogen (secondary N) is 1. The predicted molar refractivity (Wildman–Crippen MR) is 130 cm³/mol. The Bertz CT molecular complexity index is 1020. The van der Waals surface area contributed by atoms with E-state index in [0.29, 0.717) is 22.5 Å². The van der Waals surface area contributed by atoms with Gasteiger partial charge in [0.15, 0.2) is 11.5 Å². The predicted octanol–water partition coefficient (Wildman–Crippen LogP) is 5.13. The molecule has 0 unspecified atom stereocenters. The van der Waals surface area contributed by atoms with Crippen LogP contribution in [0, 0.1) is 0 Å². The van der Waals surface area contributed by atoms with Crippen molar-refractivity contribution < 1.29 is 32.2 Å². The Morgan fingerprint density at radius 1 is 0.971 bits per heavy atom. The zero-order valence-corrected chi connectivity index (χ0v) is 21.6. The average molecular weight is 548 g/mol. The monoisotopic (exact) mass is 547 g/mol. The third-order valence-electron chi connectivity index (χ3n) is 5.08. The van der Waals surface area contributed by atoms with E-state index >= 15 is 0 Å². The summed E-state index contributed by atoms with van der Waals surface area (Å²) in [4.78, 5) is 17.1. The minimum absolute atomic E-state index is 0.0279. The maximum Gasteiger partial charge on any atom is 0.416 e. The first-order valence-electron chi connectivity index (χ1n) is 10.3. The first-order valence-corrected chi connectivity index (χ1v) is 11.1. The molecule has 1 amide bonds. The quantitative estimate of drug-likeness (QED) is 0.444. The molecular weight excluding hydrogens is 519 g/mol. The molecule has 2 rings (SSSR count). The van der Waals surface area contributed by atoms with Gasteiger partial charge in [-0.25, -0.2) is 0 Å². The zero-order chi connectivity index (χ0) is 25.6. The number of hydrogen-bond acceptors (Lipinski definition) is 6. The molecule has 0 aliphatic carbocycles. The van der Waals surface area contributed by atoms with E-state index in [-0.39, 0.29) is 22.7 Å². The largest absolute Gasteiger partial charge is 0.492 e. The summed E-state index contributed by atoms with van der Waals surface area (Å²) < 4.78 is 56.7. The number of methoxy groups -OCH3 is 3. The number of anilines is 2. The van der Waals surface area contributed by atoms with Crippen molar-refractivity contribution in [2.24, 2.45) is 0 Å². The molecule has 0 saturated carbocycles. The second-order valence-electron chi connectivity index (χ2n) is 7.77. The summed E-state index contributed by atoms with van der Waals surface area (Å²) in [5.41, 5.74) is -0.321. The number of rotatable bonds is 10. The summed E-state index contributed by atoms with van der Waals surface area (Å²) in [6.45, 7) is 1.39. The molecule has 11 heteroatoms. The van der Waals surface area contributed by atoms with Gasteiger partial charge in [0, 0.05) is 13.6 Å². The Hall–Kier alpha value is -2.66. The van der Waals surface area contributed by atoms with Crippen molar-refractivity contribution in [2.45, 2.75) is 12.6 Å². The van der Waals surface area contributed by atoms with Crippen molar-refractivity contribution in [1.82, 2.24) is 4.90 Å². The lowest BCUT2D eigenvalue weighted by Gasteiger charge is -2.25. The Balaban J connectivity index is 2.50. The summed E-state index contributed by atoms with van der Waals surface area (Å²) in [6.07, 6.45) is -3.78. The van der Waals surface area contributed by atoms with Crippen molar-refractivity contribution in [3.05, 3.63) is 39.9 Å². The van der Waals surface area contributed by atoms with Gasteiger partial charge in [-0.1, -0.05) is 0 Å². The number of amides is 1. The second kappa shape index (κ2) is 11.7. The third kappa shape index (κ3) is 6.47. The molecule has 0 spiro atoms. The molecule has 2 aromatic carbocycles. The van der Waals surface area contributed by atoms with Crippen LogP contribution in [0.3, 0.4) is 0 Å². The molecular formula is C23H29BrF3N3O4. The molecule has 7 nitrogen and oxygen atoms in total. The van der Waals surface area contributed by atoms with Crippen LogP contribution in [0.1, 0.15) is 22.3 Å². The van der Waals surface area contributed by atoms with Crippen molar-refractivity contribution in [2.75, 3.05) is 65.8 Å². The number of halogens is 4. The molecule has 2 aromatic rings. The summed E-state index contributed by atoms with van der Waals surface area (Å²) >= 11 is 3.33. The Kier molecular flexibility index (Phi) is 9.45. The normalized spacial score (nSPS) is 11.4. The van der Waals surface area contributed by atoms with E-state index in [2.05, 4.69) is 21.2 Å². The third-order valence-corrected chi connectivity index (χ3v) is 5.67. The first kappa shape index (κ1) is 27.6. The van der Waals surface area contributed by atoms with Crippen LogP contribution in [0.5, 0.6) is 17.2 Å². The minimum atomic E-state index is -4.56. The van der Waals surface area contributed by atoms with Gasteiger partial charge < -0.3 is 29.3 Å². The van der Waals surface area contributed by atoms with Crippen LogP contribution >= 0.6 is 15.9 Å². The molecule has 188 valence electrons. The van der Waals surface area contributed by atoms with Crippen LogP contribution < -0.4 is 24.4 Å². The summed E-state index contributed by atoms with van der Waals surface area (Å²) in [5.74, 6) is -0.0837. The van der Waals surface area contributed by atoms with Gasteiger partial charge in [0.05, 0.1) is 48.3 Å². The summed E-state index contributed by atoms with van der Waals surface area (Å²) in [5, 5.41) is 2.62. The fraction of sp³-hybridized carbons (Fsp3) is 0.435. The minimum Gasteiger partial charge on any atom is -0.492 e. The summed E-state index contributed by atoms with van der Waals surface area (Å²) in [6, 6.07) is 4.75. The van der Waals surface area contributed by atoms with Crippen molar-refractivity contribution in [1.29, 1.82) is 0 Å². The Labute approximate surface area is 205 Å². The van der Waals surface area contributed by atoms with Gasteiger partial charge in [-0.05, 0) is 67.3 Å². The van der Waals surface area contributed by atoms with Crippen LogP contribution in [0.15, 0.2) is 28.7 Å². The topological polar surface area (TPSA) is 63.3 Å². The van der Waals surface area contributed by atoms with E-state index in [1.807, 2.05) is 19.0 Å². The van der Waals surface area contributed by atoms with E-state index in [1.54, 1.807) is 11.9 Å². The van der Waals surface area contributed by atoms with E-state index < -0.39 is 17.6 Å². The number of alkyl halides is 3. The fourth-order valence-electron chi connectivity index (χ4n) is 3.42. The molecule has 0 aliphatic rings. The highest BCUT2D eigenvalue weighted by Gasteiger charge is 2.32. The molecule has 0 atom stereocenters. The van der Waals surface area contributed by atoms with E-state index in [9.17, 15) is 18.0 Å². The molecule has 0 aromatic heterocycles. The van der Waals surface area contributed by atoms with Gasteiger partial charge in [-0.2, -0.15) is 13.2 Å². The van der Waals surface area contributed by atoms with Crippen LogP contribution in [0.4, 0.5) is 24.5 Å². The zero-order valence-electron chi connectivity index (χ0n) is 20.0. The SMILES string of the molecule is COc1c(Br)cc(C(=O)Nc2cc(C(F)(F)F)ccc2N(C)CCCN(C)C)c(OC)c1OC. The maximum absolute atomic E-state index is 13.4. The lowest BCUT2D eigenvalue weighted by atomic mass is 10.1. The van der Waals surface area contributed by atoms with Gasteiger partial charge in [0.1, 0.15) is 0 Å². The number of carbonyl (C=O) groups is 1. The van der Waals surface area contributed by atoms with Gasteiger partial charge in [-0.15, -0.1) is 0 Å². The average Bonchev–Trinajstić information content (AvgIpc) is 2.77. The van der Waals surface area contributed by atoms with Gasteiger partial charge in [0.25, 0.3) is 5.91 Å². The van der Waals surface area contributed by atoms with E-state index in [4.69, 9.17) is 14.2 Å². The molecule has 0 radical (unpaired) electrons. The number of carbonyl (C=O) groups excluding carboxylic acids is 1. The molecule has 0 fully saturated rings. The van der Waals surface area contributed by atoms with Crippen molar-refractivity contribution in [3.8, 4) is 17.2 Å². The summed E-state index contributed by atoms with van der Waals surface area (Å²) in [7, 11) is 9.83. The molecule has 0 heterocycles. The highest BCUT2D eigenvalue weighted by Crippen LogP contribution is 2.45. The smallest absolute Gasteiger partial charge is 0.416 e. The first-order chi connectivity index (χ1) is 15.9. The van der Waals surface area contributed by atoms with Crippen LogP contribution in [0.2, 0.25) is 0 Å². The number of ether oxygens (including phenoxy) is 3. The second-order valence-corrected chi connectivity index (χ2v) is 8.62. The molecule has 34 heavy (non-hydrogen) atoms. The Morgan fingerprint density at radius 2 is 1.59 bits per heavy atom. The number of benzene rings is 2. The molecule has 1 N–H and O–H groups in total. The van der Waals surface area contributed by atoms with Gasteiger partial charge in [0.2, 0.25) is 5.75 Å². The lowest BCUT2D eigenvalue weighted by molar-refractivity contribution is -0.137. The molecule has 0 saturated heterocycles. The van der Waals surface area contributed by atoms with E-state index in [1.165, 1.54) is 33.5 Å². The highest BCUT2D eigenvalue weighted by molar-refractivity contribution is 9.10. The Morgan fingerprint density at radius 3 is 2.12 bits per heavy atom. The van der Waals surface area contributed by atoms with Crippen LogP contribution in [-0.4, -0.2) is 66.4 Å². The number of hydrogen-bond donors (Lipinski definition) is 1. The lowest BCUT2D eigenvalue weighted by Crippen LogP contribution is -2.25. The van der Waals surface area contributed by atoms with Crippen LogP contribution in [-0.2, 0) is 6.18 Å². The van der Waals surface area contributed by atoms with Crippen molar-refractivity contribution >= 4 is 33.2 Å². The van der Waals surface area contributed by atoms with Crippen LogP contribution in [0.25, 0.3) is 0 Å². The van der Waals surface area contributed by atoms with Gasteiger partial charge >= 0.3 is 6.18 Å².